The molecule has 0 amide bonds. The summed E-state index contributed by atoms with van der Waals surface area (Å²) >= 11 is 1.54. The zero-order chi connectivity index (χ0) is 10.2. The van der Waals surface area contributed by atoms with Crippen molar-refractivity contribution >= 4 is 17.3 Å². The monoisotopic (exact) mass is 211 g/mol. The molecule has 0 radical (unpaired) electrons. The standard InChI is InChI=1S/C10H13NO2S/c1-11-5-4-10(7-11,9(12)13)8-3-2-6-14-8/h2-3,6H,4-5,7H2,1H3,(H,12,13). The van der Waals surface area contributed by atoms with Crippen LogP contribution in [0.2, 0.25) is 0 Å². The molecular formula is C10H13NO2S. The lowest BCUT2D eigenvalue weighted by Gasteiger charge is -2.22. The molecule has 1 fully saturated rings. The van der Waals surface area contributed by atoms with E-state index in [0.717, 1.165) is 17.8 Å². The zero-order valence-electron chi connectivity index (χ0n) is 8.06. The first-order chi connectivity index (χ1) is 6.65. The van der Waals surface area contributed by atoms with Gasteiger partial charge in [0, 0.05) is 11.4 Å². The lowest BCUT2D eigenvalue weighted by Crippen LogP contribution is -2.37. The van der Waals surface area contributed by atoms with E-state index in [-0.39, 0.29) is 0 Å². The number of carboxylic acid groups (broad SMARTS) is 1. The van der Waals surface area contributed by atoms with Crippen molar-refractivity contribution in [1.29, 1.82) is 0 Å². The van der Waals surface area contributed by atoms with Gasteiger partial charge in [-0.05, 0) is 31.5 Å². The molecule has 14 heavy (non-hydrogen) atoms. The molecule has 1 saturated heterocycles. The van der Waals surface area contributed by atoms with Gasteiger partial charge in [0.2, 0.25) is 0 Å². The first-order valence-corrected chi connectivity index (χ1v) is 5.49. The highest BCUT2D eigenvalue weighted by Gasteiger charge is 2.45. The number of nitrogens with zero attached hydrogens (tertiary/aromatic N) is 1. The van der Waals surface area contributed by atoms with Crippen molar-refractivity contribution in [1.82, 2.24) is 4.90 Å². The zero-order valence-corrected chi connectivity index (χ0v) is 8.88. The third kappa shape index (κ3) is 1.35. The molecule has 4 heteroatoms. The maximum atomic E-state index is 11.3. The van der Waals surface area contributed by atoms with Gasteiger partial charge in [-0.3, -0.25) is 4.79 Å². The van der Waals surface area contributed by atoms with Gasteiger partial charge in [-0.1, -0.05) is 6.07 Å². The van der Waals surface area contributed by atoms with Crippen molar-refractivity contribution in [3.05, 3.63) is 22.4 Å². The van der Waals surface area contributed by atoms with Gasteiger partial charge in [-0.15, -0.1) is 11.3 Å². The predicted molar refractivity (Wildman–Crippen MR) is 55.7 cm³/mol. The topological polar surface area (TPSA) is 40.5 Å². The summed E-state index contributed by atoms with van der Waals surface area (Å²) in [5.41, 5.74) is -0.650. The number of carboxylic acids is 1. The maximum Gasteiger partial charge on any atom is 0.316 e. The highest BCUT2D eigenvalue weighted by atomic mass is 32.1. The minimum Gasteiger partial charge on any atom is -0.481 e. The summed E-state index contributed by atoms with van der Waals surface area (Å²) < 4.78 is 0. The molecule has 1 aliphatic rings. The van der Waals surface area contributed by atoms with Crippen LogP contribution in [-0.4, -0.2) is 36.1 Å². The summed E-state index contributed by atoms with van der Waals surface area (Å²) in [7, 11) is 1.97. The number of likely N-dealkylation sites (tertiary alicyclic amines) is 1. The number of hydrogen-bond acceptors (Lipinski definition) is 3. The second kappa shape index (κ2) is 3.37. The number of carbonyl (C=O) groups is 1. The van der Waals surface area contributed by atoms with Crippen LogP contribution in [0, 0.1) is 0 Å². The number of thiophene rings is 1. The molecule has 76 valence electrons. The normalized spacial score (nSPS) is 28.1. The van der Waals surface area contributed by atoms with Crippen molar-refractivity contribution < 1.29 is 9.90 Å². The van der Waals surface area contributed by atoms with Crippen LogP contribution in [0.5, 0.6) is 0 Å². The molecule has 0 aliphatic carbocycles. The van der Waals surface area contributed by atoms with Gasteiger partial charge in [0.1, 0.15) is 5.41 Å². The Balaban J connectivity index is 2.38. The summed E-state index contributed by atoms with van der Waals surface area (Å²) in [5, 5.41) is 11.3. The number of likely N-dealkylation sites (N-methyl/N-ethyl adjacent to an activating group) is 1. The van der Waals surface area contributed by atoms with E-state index >= 15 is 0 Å². The van der Waals surface area contributed by atoms with Crippen LogP contribution in [0.15, 0.2) is 17.5 Å². The van der Waals surface area contributed by atoms with Gasteiger partial charge < -0.3 is 10.0 Å². The maximum absolute atomic E-state index is 11.3. The van der Waals surface area contributed by atoms with Crippen molar-refractivity contribution in [2.24, 2.45) is 0 Å². The van der Waals surface area contributed by atoms with E-state index in [2.05, 4.69) is 4.90 Å². The largest absolute Gasteiger partial charge is 0.481 e. The van der Waals surface area contributed by atoms with E-state index < -0.39 is 11.4 Å². The van der Waals surface area contributed by atoms with E-state index in [0.29, 0.717) is 6.54 Å². The number of rotatable bonds is 2. The van der Waals surface area contributed by atoms with Gasteiger partial charge in [0.05, 0.1) is 0 Å². The molecule has 1 N–H and O–H groups in total. The lowest BCUT2D eigenvalue weighted by molar-refractivity contribution is -0.143. The Kier molecular flexibility index (Phi) is 2.33. The average molecular weight is 211 g/mol. The van der Waals surface area contributed by atoms with Crippen LogP contribution in [0.1, 0.15) is 11.3 Å². The third-order valence-corrected chi connectivity index (χ3v) is 3.94. The Morgan fingerprint density at radius 2 is 2.50 bits per heavy atom. The molecule has 3 nitrogen and oxygen atoms in total. The summed E-state index contributed by atoms with van der Waals surface area (Å²) in [6.07, 6.45) is 0.722. The molecule has 1 aromatic heterocycles. The summed E-state index contributed by atoms with van der Waals surface area (Å²) in [5.74, 6) is -0.690. The molecule has 2 heterocycles. The van der Waals surface area contributed by atoms with Crippen LogP contribution >= 0.6 is 11.3 Å². The fourth-order valence-electron chi connectivity index (χ4n) is 2.03. The van der Waals surface area contributed by atoms with Crippen LogP contribution in [0.4, 0.5) is 0 Å². The minimum absolute atomic E-state index is 0.628. The van der Waals surface area contributed by atoms with Crippen molar-refractivity contribution in [3.8, 4) is 0 Å². The van der Waals surface area contributed by atoms with Crippen LogP contribution < -0.4 is 0 Å². The molecule has 1 aromatic rings. The lowest BCUT2D eigenvalue weighted by atomic mass is 9.85. The van der Waals surface area contributed by atoms with E-state index in [1.54, 1.807) is 11.3 Å². The van der Waals surface area contributed by atoms with Crippen LogP contribution in [0.3, 0.4) is 0 Å². The molecule has 0 aromatic carbocycles. The highest BCUT2D eigenvalue weighted by Crippen LogP contribution is 2.36. The Hall–Kier alpha value is -0.870. The molecule has 0 spiro atoms. The highest BCUT2D eigenvalue weighted by molar-refractivity contribution is 7.10. The smallest absolute Gasteiger partial charge is 0.316 e. The average Bonchev–Trinajstić information content (AvgIpc) is 2.71. The van der Waals surface area contributed by atoms with E-state index in [1.807, 2.05) is 24.6 Å². The van der Waals surface area contributed by atoms with Crippen LogP contribution in [0.25, 0.3) is 0 Å². The Bertz CT molecular complexity index is 336. The van der Waals surface area contributed by atoms with Crippen LogP contribution in [-0.2, 0) is 10.2 Å². The number of aliphatic carboxylic acids is 1. The first-order valence-electron chi connectivity index (χ1n) is 4.61. The fraction of sp³-hybridized carbons (Fsp3) is 0.500. The van der Waals surface area contributed by atoms with Crippen molar-refractivity contribution in [3.63, 3.8) is 0 Å². The Labute approximate surface area is 87.0 Å². The van der Waals surface area contributed by atoms with Gasteiger partial charge in [-0.25, -0.2) is 0 Å². The van der Waals surface area contributed by atoms with Gasteiger partial charge in [-0.2, -0.15) is 0 Å². The first kappa shape index (κ1) is 9.68. The predicted octanol–water partition coefficient (Wildman–Crippen LogP) is 1.41. The Morgan fingerprint density at radius 3 is 2.93 bits per heavy atom. The molecular weight excluding hydrogens is 198 g/mol. The molecule has 1 aliphatic heterocycles. The Morgan fingerprint density at radius 1 is 1.71 bits per heavy atom. The molecule has 0 bridgehead atoms. The van der Waals surface area contributed by atoms with E-state index in [9.17, 15) is 9.90 Å². The summed E-state index contributed by atoms with van der Waals surface area (Å²) in [4.78, 5) is 14.4. The molecule has 1 atom stereocenters. The number of hydrogen-bond donors (Lipinski definition) is 1. The van der Waals surface area contributed by atoms with Gasteiger partial charge >= 0.3 is 5.97 Å². The second-order valence-electron chi connectivity index (χ2n) is 3.85. The molecule has 2 rings (SSSR count). The van der Waals surface area contributed by atoms with Crippen molar-refractivity contribution in [2.45, 2.75) is 11.8 Å². The summed E-state index contributed by atoms with van der Waals surface area (Å²) in [6.45, 7) is 1.49. The van der Waals surface area contributed by atoms with Gasteiger partial charge in [0.25, 0.3) is 0 Å². The molecule has 0 saturated carbocycles. The molecule has 1 unspecified atom stereocenters. The van der Waals surface area contributed by atoms with Crippen molar-refractivity contribution in [2.75, 3.05) is 20.1 Å². The quantitative estimate of drug-likeness (QED) is 0.804. The minimum atomic E-state index is -0.690. The third-order valence-electron chi connectivity index (χ3n) is 2.86. The second-order valence-corrected chi connectivity index (χ2v) is 4.80. The summed E-state index contributed by atoms with van der Waals surface area (Å²) in [6, 6.07) is 3.85. The van der Waals surface area contributed by atoms with E-state index in [1.165, 1.54) is 0 Å². The van der Waals surface area contributed by atoms with E-state index in [4.69, 9.17) is 0 Å². The van der Waals surface area contributed by atoms with Gasteiger partial charge in [0.15, 0.2) is 0 Å². The fourth-order valence-corrected chi connectivity index (χ4v) is 2.97. The SMILES string of the molecule is CN1CCC(C(=O)O)(c2cccs2)C1.